The molecule has 0 N–H and O–H groups in total. The maximum absolute atomic E-state index is 5.47. The smallest absolute Gasteiger partial charge is 0.142 e. The van der Waals surface area contributed by atoms with E-state index in [9.17, 15) is 0 Å². The van der Waals surface area contributed by atoms with Crippen molar-refractivity contribution >= 4 is 12.3 Å². The fourth-order valence-corrected chi connectivity index (χ4v) is 3.42. The van der Waals surface area contributed by atoms with Crippen molar-refractivity contribution in [2.24, 2.45) is 5.16 Å². The lowest BCUT2D eigenvalue weighted by Crippen LogP contribution is -2.07. The van der Waals surface area contributed by atoms with Crippen LogP contribution >= 0.6 is 0 Å². The SMILES string of the molecule is C=Cc1ccccc1CO/N=[C]\c1ccccc1C1CCCCC1. The summed E-state index contributed by atoms with van der Waals surface area (Å²) in [5, 5.41) is 4.08. The molecule has 2 nitrogen and oxygen atoms in total. The van der Waals surface area contributed by atoms with Gasteiger partial charge >= 0.3 is 0 Å². The van der Waals surface area contributed by atoms with Crippen molar-refractivity contribution in [1.82, 2.24) is 0 Å². The van der Waals surface area contributed by atoms with Gasteiger partial charge < -0.3 is 4.84 Å². The summed E-state index contributed by atoms with van der Waals surface area (Å²) in [5.74, 6) is 0.638. The highest BCUT2D eigenvalue weighted by Crippen LogP contribution is 2.33. The molecule has 3 rings (SSSR count). The van der Waals surface area contributed by atoms with Crippen LogP contribution in [0.5, 0.6) is 0 Å². The topological polar surface area (TPSA) is 21.6 Å². The Balaban J connectivity index is 1.65. The molecule has 0 spiro atoms. The third-order valence-corrected chi connectivity index (χ3v) is 4.73. The van der Waals surface area contributed by atoms with E-state index in [0.717, 1.165) is 16.7 Å². The Morgan fingerprint density at radius 3 is 2.62 bits per heavy atom. The van der Waals surface area contributed by atoms with Crippen molar-refractivity contribution < 1.29 is 4.84 Å². The first-order valence-electron chi connectivity index (χ1n) is 8.76. The zero-order chi connectivity index (χ0) is 16.6. The first kappa shape index (κ1) is 16.5. The lowest BCUT2D eigenvalue weighted by Gasteiger charge is -2.23. The van der Waals surface area contributed by atoms with Crippen LogP contribution in [0.2, 0.25) is 0 Å². The molecule has 24 heavy (non-hydrogen) atoms. The summed E-state index contributed by atoms with van der Waals surface area (Å²) in [7, 11) is 0. The van der Waals surface area contributed by atoms with Crippen LogP contribution in [0.15, 0.2) is 60.3 Å². The molecule has 0 heterocycles. The van der Waals surface area contributed by atoms with Gasteiger partial charge in [-0.3, -0.25) is 0 Å². The predicted octanol–water partition coefficient (Wildman–Crippen LogP) is 5.81. The Bertz CT molecular complexity index is 699. The van der Waals surface area contributed by atoms with Gasteiger partial charge in [-0.05, 0) is 35.4 Å². The summed E-state index contributed by atoms with van der Waals surface area (Å²) >= 11 is 0. The van der Waals surface area contributed by atoms with Gasteiger partial charge in [-0.1, -0.05) is 85.6 Å². The van der Waals surface area contributed by atoms with Crippen molar-refractivity contribution in [3.05, 3.63) is 77.4 Å². The van der Waals surface area contributed by atoms with Gasteiger partial charge in [-0.25, -0.2) is 0 Å². The number of benzene rings is 2. The molecule has 0 unspecified atom stereocenters. The lowest BCUT2D eigenvalue weighted by molar-refractivity contribution is 0.132. The largest absolute Gasteiger partial charge is 0.390 e. The second kappa shape index (κ2) is 8.49. The van der Waals surface area contributed by atoms with E-state index in [1.54, 1.807) is 0 Å². The first-order valence-corrected chi connectivity index (χ1v) is 8.76. The van der Waals surface area contributed by atoms with Crippen LogP contribution in [0, 0.1) is 0 Å². The van der Waals surface area contributed by atoms with Gasteiger partial charge in [0.2, 0.25) is 0 Å². The van der Waals surface area contributed by atoms with Gasteiger partial charge in [-0.2, -0.15) is 0 Å². The number of rotatable bonds is 6. The molecule has 0 aromatic heterocycles. The number of hydrogen-bond acceptors (Lipinski definition) is 2. The van der Waals surface area contributed by atoms with Gasteiger partial charge in [0.25, 0.3) is 0 Å². The molecular formula is C22H24NO. The van der Waals surface area contributed by atoms with E-state index in [1.807, 2.05) is 36.4 Å². The molecule has 2 aromatic rings. The van der Waals surface area contributed by atoms with Gasteiger partial charge in [0.1, 0.15) is 12.8 Å². The molecule has 1 saturated carbocycles. The van der Waals surface area contributed by atoms with E-state index in [0.29, 0.717) is 12.5 Å². The second-order valence-electron chi connectivity index (χ2n) is 6.30. The Kier molecular flexibility index (Phi) is 5.84. The minimum absolute atomic E-state index is 0.431. The van der Waals surface area contributed by atoms with Gasteiger partial charge in [0.05, 0.1) is 0 Å². The van der Waals surface area contributed by atoms with Crippen molar-refractivity contribution in [3.63, 3.8) is 0 Å². The summed E-state index contributed by atoms with van der Waals surface area (Å²) in [6, 6.07) is 16.5. The number of hydrogen-bond donors (Lipinski definition) is 0. The molecule has 1 fully saturated rings. The Morgan fingerprint density at radius 2 is 1.79 bits per heavy atom. The van der Waals surface area contributed by atoms with Gasteiger partial charge in [0, 0.05) is 5.56 Å². The zero-order valence-electron chi connectivity index (χ0n) is 14.1. The Morgan fingerprint density at radius 1 is 1.04 bits per heavy atom. The standard InChI is InChI=1S/C22H24NO/c1-2-18-10-6-7-14-21(18)17-24-23-16-20-13-8-9-15-22(20)19-11-4-3-5-12-19/h2,6-10,13-15,19H,1,3-5,11-12,17H2. The van der Waals surface area contributed by atoms with Crippen molar-refractivity contribution in [1.29, 1.82) is 0 Å². The van der Waals surface area contributed by atoms with Crippen LogP contribution in [0.25, 0.3) is 6.08 Å². The van der Waals surface area contributed by atoms with Crippen molar-refractivity contribution in [2.45, 2.75) is 44.6 Å². The lowest BCUT2D eigenvalue weighted by atomic mass is 9.82. The van der Waals surface area contributed by atoms with Crippen LogP contribution in [-0.4, -0.2) is 6.21 Å². The quantitative estimate of drug-likeness (QED) is 0.487. The fourth-order valence-electron chi connectivity index (χ4n) is 3.42. The molecule has 0 atom stereocenters. The number of nitrogens with zero attached hydrogens (tertiary/aromatic N) is 1. The third kappa shape index (κ3) is 4.14. The van der Waals surface area contributed by atoms with Crippen LogP contribution < -0.4 is 0 Å². The summed E-state index contributed by atoms with van der Waals surface area (Å²) in [4.78, 5) is 5.47. The van der Waals surface area contributed by atoms with E-state index >= 15 is 0 Å². The molecule has 1 radical (unpaired) electrons. The summed E-state index contributed by atoms with van der Waals surface area (Å²) in [6.45, 7) is 4.26. The van der Waals surface area contributed by atoms with E-state index in [-0.39, 0.29) is 0 Å². The molecule has 0 aliphatic heterocycles. The summed E-state index contributed by atoms with van der Waals surface area (Å²) < 4.78 is 0. The van der Waals surface area contributed by atoms with E-state index in [2.05, 4.69) is 36.1 Å². The fraction of sp³-hybridized carbons (Fsp3) is 0.318. The molecule has 1 aliphatic rings. The zero-order valence-corrected chi connectivity index (χ0v) is 14.1. The van der Waals surface area contributed by atoms with Crippen LogP contribution in [0.1, 0.15) is 60.3 Å². The Hall–Kier alpha value is -2.35. The molecular weight excluding hydrogens is 294 g/mol. The predicted molar refractivity (Wildman–Crippen MR) is 100 cm³/mol. The van der Waals surface area contributed by atoms with Crippen molar-refractivity contribution in [3.8, 4) is 0 Å². The van der Waals surface area contributed by atoms with Crippen LogP contribution in [0.4, 0.5) is 0 Å². The maximum atomic E-state index is 5.47. The minimum Gasteiger partial charge on any atom is -0.390 e. The molecule has 0 amide bonds. The highest BCUT2D eigenvalue weighted by molar-refractivity contribution is 5.81. The molecule has 2 aromatic carbocycles. The highest BCUT2D eigenvalue weighted by Gasteiger charge is 2.17. The van der Waals surface area contributed by atoms with E-state index in [1.165, 1.54) is 37.7 Å². The van der Waals surface area contributed by atoms with Crippen LogP contribution in [0.3, 0.4) is 0 Å². The molecule has 0 bridgehead atoms. The maximum Gasteiger partial charge on any atom is 0.142 e. The summed E-state index contributed by atoms with van der Waals surface area (Å²) in [6.07, 6.45) is 11.5. The average molecular weight is 318 g/mol. The van der Waals surface area contributed by atoms with Gasteiger partial charge in [0.15, 0.2) is 0 Å². The molecule has 0 saturated heterocycles. The first-order chi connectivity index (χ1) is 11.9. The second-order valence-corrected chi connectivity index (χ2v) is 6.30. The van der Waals surface area contributed by atoms with E-state index < -0.39 is 0 Å². The minimum atomic E-state index is 0.431. The van der Waals surface area contributed by atoms with Gasteiger partial charge in [-0.15, -0.1) is 0 Å². The molecule has 123 valence electrons. The summed E-state index contributed by atoms with van der Waals surface area (Å²) in [5.41, 5.74) is 4.58. The normalized spacial score (nSPS) is 15.5. The average Bonchev–Trinajstić information content (AvgIpc) is 2.66. The van der Waals surface area contributed by atoms with Crippen LogP contribution in [-0.2, 0) is 11.4 Å². The Labute approximate surface area is 144 Å². The monoisotopic (exact) mass is 318 g/mol. The molecule has 2 heteroatoms. The third-order valence-electron chi connectivity index (χ3n) is 4.73. The van der Waals surface area contributed by atoms with Crippen molar-refractivity contribution in [2.75, 3.05) is 0 Å². The van der Waals surface area contributed by atoms with E-state index in [4.69, 9.17) is 4.84 Å². The molecule has 1 aliphatic carbocycles. The highest BCUT2D eigenvalue weighted by atomic mass is 16.6.